The summed E-state index contributed by atoms with van der Waals surface area (Å²) in [5.74, 6) is 0.373. The number of halogens is 4. The molecule has 0 unspecified atom stereocenters. The van der Waals surface area contributed by atoms with Gasteiger partial charge in [0, 0.05) is 5.75 Å². The summed E-state index contributed by atoms with van der Waals surface area (Å²) in [7, 11) is 0. The lowest BCUT2D eigenvalue weighted by Gasteiger charge is -2.11. The third kappa shape index (κ3) is 5.46. The van der Waals surface area contributed by atoms with Gasteiger partial charge in [-0.2, -0.15) is 13.2 Å². The van der Waals surface area contributed by atoms with E-state index in [9.17, 15) is 18.0 Å². The van der Waals surface area contributed by atoms with Crippen LogP contribution in [-0.4, -0.2) is 11.7 Å². The predicted molar refractivity (Wildman–Crippen MR) is 92.4 cm³/mol. The molecule has 1 N–H and O–H groups in total. The van der Waals surface area contributed by atoms with Gasteiger partial charge in [-0.1, -0.05) is 41.4 Å². The van der Waals surface area contributed by atoms with Gasteiger partial charge in [-0.3, -0.25) is 4.79 Å². The Balaban J connectivity index is 1.91. The second kappa shape index (κ2) is 7.94. The minimum atomic E-state index is -4.48. The molecule has 2 rings (SSSR count). The number of thioether (sulfide) groups is 1. The minimum absolute atomic E-state index is 0.0348. The third-order valence-electron chi connectivity index (χ3n) is 3.19. The van der Waals surface area contributed by atoms with E-state index in [4.69, 9.17) is 11.6 Å². The minimum Gasteiger partial charge on any atom is -0.324 e. The molecule has 0 spiro atoms. The van der Waals surface area contributed by atoms with Crippen LogP contribution >= 0.6 is 23.4 Å². The van der Waals surface area contributed by atoms with E-state index in [1.807, 2.05) is 31.2 Å². The lowest BCUT2D eigenvalue weighted by molar-refractivity contribution is -0.137. The van der Waals surface area contributed by atoms with Crippen molar-refractivity contribution in [3.05, 3.63) is 64.2 Å². The molecule has 7 heteroatoms. The van der Waals surface area contributed by atoms with Gasteiger partial charge in [0.05, 0.1) is 22.0 Å². The largest absolute Gasteiger partial charge is 0.416 e. The standard InChI is InChI=1S/C17H15ClF3NOS/c1-11-2-4-12(5-3-11)9-24-10-16(23)22-15-8-13(17(19,20)21)6-7-14(15)18/h2-8H,9-10H2,1H3,(H,22,23). The molecule has 0 atom stereocenters. The zero-order valence-electron chi connectivity index (χ0n) is 12.8. The normalized spacial score (nSPS) is 11.4. The van der Waals surface area contributed by atoms with Gasteiger partial charge in [-0.25, -0.2) is 0 Å². The lowest BCUT2D eigenvalue weighted by atomic mass is 10.2. The van der Waals surface area contributed by atoms with Gasteiger partial charge >= 0.3 is 6.18 Å². The average molecular weight is 374 g/mol. The first-order chi connectivity index (χ1) is 11.3. The highest BCUT2D eigenvalue weighted by Gasteiger charge is 2.31. The summed E-state index contributed by atoms with van der Waals surface area (Å²) in [6, 6.07) is 10.8. The summed E-state index contributed by atoms with van der Waals surface area (Å²) >= 11 is 7.22. The van der Waals surface area contributed by atoms with E-state index in [-0.39, 0.29) is 16.5 Å². The molecule has 0 aromatic heterocycles. The van der Waals surface area contributed by atoms with Crippen molar-refractivity contribution in [1.82, 2.24) is 0 Å². The van der Waals surface area contributed by atoms with Crippen LogP contribution in [0.5, 0.6) is 0 Å². The van der Waals surface area contributed by atoms with E-state index in [0.29, 0.717) is 5.75 Å². The van der Waals surface area contributed by atoms with Crippen molar-refractivity contribution in [2.24, 2.45) is 0 Å². The Morgan fingerprint density at radius 1 is 1.17 bits per heavy atom. The maximum Gasteiger partial charge on any atom is 0.416 e. The Labute approximate surface area is 147 Å². The van der Waals surface area contributed by atoms with Crippen LogP contribution in [0.3, 0.4) is 0 Å². The summed E-state index contributed by atoms with van der Waals surface area (Å²) in [6.45, 7) is 1.99. The molecule has 0 saturated heterocycles. The number of carbonyl (C=O) groups is 1. The van der Waals surface area contributed by atoms with Gasteiger partial charge < -0.3 is 5.32 Å². The zero-order valence-corrected chi connectivity index (χ0v) is 14.4. The summed E-state index contributed by atoms with van der Waals surface area (Å²) in [5.41, 5.74) is 1.35. The molecule has 0 heterocycles. The fraction of sp³-hybridized carbons (Fsp3) is 0.235. The number of alkyl halides is 3. The quantitative estimate of drug-likeness (QED) is 0.745. The number of hydrogen-bond acceptors (Lipinski definition) is 2. The number of benzene rings is 2. The molecule has 0 aliphatic heterocycles. The summed E-state index contributed by atoms with van der Waals surface area (Å²) < 4.78 is 38.1. The molecule has 0 radical (unpaired) electrons. The molecule has 2 aromatic carbocycles. The maximum absolute atomic E-state index is 12.7. The summed E-state index contributed by atoms with van der Waals surface area (Å²) in [4.78, 5) is 11.9. The number of rotatable bonds is 5. The van der Waals surface area contributed by atoms with E-state index in [2.05, 4.69) is 5.32 Å². The van der Waals surface area contributed by atoms with Gasteiger partial charge in [0.15, 0.2) is 0 Å². The monoisotopic (exact) mass is 373 g/mol. The zero-order chi connectivity index (χ0) is 17.7. The number of amides is 1. The molecule has 0 bridgehead atoms. The van der Waals surface area contributed by atoms with Crippen molar-refractivity contribution >= 4 is 35.0 Å². The van der Waals surface area contributed by atoms with Crippen LogP contribution in [0.1, 0.15) is 16.7 Å². The highest BCUT2D eigenvalue weighted by Crippen LogP contribution is 2.33. The van der Waals surface area contributed by atoms with Crippen LogP contribution in [0.25, 0.3) is 0 Å². The van der Waals surface area contributed by atoms with Crippen molar-refractivity contribution < 1.29 is 18.0 Å². The van der Waals surface area contributed by atoms with Gasteiger partial charge in [-0.15, -0.1) is 11.8 Å². The summed E-state index contributed by atoms with van der Waals surface area (Å²) in [6.07, 6.45) is -4.48. The number of carbonyl (C=O) groups excluding carboxylic acids is 1. The second-order valence-electron chi connectivity index (χ2n) is 5.22. The maximum atomic E-state index is 12.7. The van der Waals surface area contributed by atoms with E-state index >= 15 is 0 Å². The van der Waals surface area contributed by atoms with Crippen molar-refractivity contribution in [3.8, 4) is 0 Å². The average Bonchev–Trinajstić information content (AvgIpc) is 2.50. The van der Waals surface area contributed by atoms with Crippen LogP contribution < -0.4 is 5.32 Å². The Morgan fingerprint density at radius 2 is 1.83 bits per heavy atom. The van der Waals surface area contributed by atoms with Crippen LogP contribution in [0, 0.1) is 6.92 Å². The van der Waals surface area contributed by atoms with Crippen molar-refractivity contribution in [3.63, 3.8) is 0 Å². The molecule has 24 heavy (non-hydrogen) atoms. The van der Waals surface area contributed by atoms with Gasteiger partial charge in [0.25, 0.3) is 0 Å². The predicted octanol–water partition coefficient (Wildman–Crippen LogP) is 5.54. The smallest absolute Gasteiger partial charge is 0.324 e. The summed E-state index contributed by atoms with van der Waals surface area (Å²) in [5, 5.41) is 2.50. The van der Waals surface area contributed by atoms with Gasteiger partial charge in [-0.05, 0) is 30.7 Å². The molecule has 0 aliphatic rings. The fourth-order valence-corrected chi connectivity index (χ4v) is 2.88. The molecule has 128 valence electrons. The van der Waals surface area contributed by atoms with Gasteiger partial charge in [0.2, 0.25) is 5.91 Å². The fourth-order valence-electron chi connectivity index (χ4n) is 1.93. The first-order valence-corrected chi connectivity index (χ1v) is 8.59. The number of hydrogen-bond donors (Lipinski definition) is 1. The number of anilines is 1. The van der Waals surface area contributed by atoms with Gasteiger partial charge in [0.1, 0.15) is 0 Å². The Morgan fingerprint density at radius 3 is 2.46 bits per heavy atom. The second-order valence-corrected chi connectivity index (χ2v) is 6.61. The van der Waals surface area contributed by atoms with Crippen LogP contribution in [0.4, 0.5) is 18.9 Å². The molecular formula is C17H15ClF3NOS. The third-order valence-corrected chi connectivity index (χ3v) is 4.52. The Bertz CT molecular complexity index is 717. The lowest BCUT2D eigenvalue weighted by Crippen LogP contribution is -2.15. The molecule has 0 aliphatic carbocycles. The molecule has 2 aromatic rings. The van der Waals surface area contributed by atoms with E-state index in [1.165, 1.54) is 11.8 Å². The number of nitrogens with one attached hydrogen (secondary N) is 1. The van der Waals surface area contributed by atoms with E-state index in [1.54, 1.807) is 0 Å². The van der Waals surface area contributed by atoms with Crippen LogP contribution in [-0.2, 0) is 16.7 Å². The first kappa shape index (κ1) is 18.7. The molecular weight excluding hydrogens is 359 g/mol. The Kier molecular flexibility index (Phi) is 6.18. The van der Waals surface area contributed by atoms with Crippen molar-refractivity contribution in [2.75, 3.05) is 11.1 Å². The van der Waals surface area contributed by atoms with E-state index < -0.39 is 17.6 Å². The SMILES string of the molecule is Cc1ccc(CSCC(=O)Nc2cc(C(F)(F)F)ccc2Cl)cc1. The van der Waals surface area contributed by atoms with Crippen LogP contribution in [0.15, 0.2) is 42.5 Å². The molecule has 0 fully saturated rings. The number of aryl methyl sites for hydroxylation is 1. The van der Waals surface area contributed by atoms with E-state index in [0.717, 1.165) is 29.3 Å². The highest BCUT2D eigenvalue weighted by atomic mass is 35.5. The van der Waals surface area contributed by atoms with Crippen LogP contribution in [0.2, 0.25) is 5.02 Å². The molecule has 0 saturated carbocycles. The van der Waals surface area contributed by atoms with Crippen molar-refractivity contribution in [2.45, 2.75) is 18.9 Å². The Hall–Kier alpha value is -1.66. The topological polar surface area (TPSA) is 29.1 Å². The first-order valence-electron chi connectivity index (χ1n) is 7.05. The van der Waals surface area contributed by atoms with Crippen molar-refractivity contribution in [1.29, 1.82) is 0 Å². The molecule has 2 nitrogen and oxygen atoms in total. The molecule has 1 amide bonds. The highest BCUT2D eigenvalue weighted by molar-refractivity contribution is 7.99.